The summed E-state index contributed by atoms with van der Waals surface area (Å²) >= 11 is 5.13. The van der Waals surface area contributed by atoms with Crippen LogP contribution in [-0.4, -0.2) is 38.3 Å². The molecule has 2 aromatic carbocycles. The van der Waals surface area contributed by atoms with Crippen LogP contribution in [0, 0.1) is 0 Å². The zero-order valence-corrected chi connectivity index (χ0v) is 16.5. The highest BCUT2D eigenvalue weighted by atomic mass is 32.1. The van der Waals surface area contributed by atoms with Gasteiger partial charge in [-0.1, -0.05) is 18.2 Å². The molecule has 0 aromatic heterocycles. The van der Waals surface area contributed by atoms with Gasteiger partial charge in [-0.15, -0.1) is 0 Å². The highest BCUT2D eigenvalue weighted by Crippen LogP contribution is 2.27. The molecule has 0 saturated heterocycles. The second-order valence-corrected chi connectivity index (χ2v) is 5.84. The van der Waals surface area contributed by atoms with Crippen LogP contribution in [0.1, 0.15) is 15.9 Å². The molecule has 2 N–H and O–H groups in total. The van der Waals surface area contributed by atoms with E-state index in [4.69, 9.17) is 26.4 Å². The Morgan fingerprint density at radius 2 is 1.71 bits per heavy atom. The SMILES string of the molecule is COC(=O)c1ccccc1NC(=S)NC(=O)/C=C\c1ccc(OC)c(OC)c1. The molecule has 146 valence electrons. The molecule has 0 aliphatic rings. The molecule has 2 aromatic rings. The van der Waals surface area contributed by atoms with Crippen LogP contribution in [-0.2, 0) is 9.53 Å². The molecular formula is C20H20N2O5S. The standard InChI is InChI=1S/C20H20N2O5S/c1-25-16-10-8-13(12-17(16)26-2)9-11-18(23)22-20(28)21-15-7-5-4-6-14(15)19(24)27-3/h4-12H,1-3H3,(H2,21,22,23,28)/b11-9-. The van der Waals surface area contributed by atoms with Crippen molar-refractivity contribution in [1.29, 1.82) is 0 Å². The number of esters is 1. The third-order valence-electron chi connectivity index (χ3n) is 3.65. The second kappa shape index (κ2) is 10.1. The van der Waals surface area contributed by atoms with Crippen molar-refractivity contribution in [1.82, 2.24) is 5.32 Å². The van der Waals surface area contributed by atoms with E-state index >= 15 is 0 Å². The van der Waals surface area contributed by atoms with E-state index in [9.17, 15) is 9.59 Å². The van der Waals surface area contributed by atoms with E-state index in [1.54, 1.807) is 55.7 Å². The van der Waals surface area contributed by atoms with Crippen LogP contribution in [0.25, 0.3) is 6.08 Å². The zero-order chi connectivity index (χ0) is 20.5. The molecule has 0 bridgehead atoms. The van der Waals surface area contributed by atoms with Crippen molar-refractivity contribution in [3.05, 3.63) is 59.7 Å². The molecule has 0 unspecified atom stereocenters. The smallest absolute Gasteiger partial charge is 0.339 e. The third kappa shape index (κ3) is 5.55. The quantitative estimate of drug-likeness (QED) is 0.438. The Labute approximate surface area is 168 Å². The Kier molecular flexibility index (Phi) is 7.53. The molecule has 0 aliphatic heterocycles. The summed E-state index contributed by atoms with van der Waals surface area (Å²) in [4.78, 5) is 23.9. The van der Waals surface area contributed by atoms with Crippen LogP contribution >= 0.6 is 12.2 Å². The second-order valence-electron chi connectivity index (χ2n) is 5.43. The van der Waals surface area contributed by atoms with Gasteiger partial charge in [0, 0.05) is 6.08 Å². The maximum atomic E-state index is 12.1. The molecule has 0 aliphatic carbocycles. The van der Waals surface area contributed by atoms with E-state index in [-0.39, 0.29) is 5.11 Å². The fraction of sp³-hybridized carbons (Fsp3) is 0.150. The van der Waals surface area contributed by atoms with Gasteiger partial charge in [0.25, 0.3) is 0 Å². The fourth-order valence-electron chi connectivity index (χ4n) is 2.32. The van der Waals surface area contributed by atoms with Crippen molar-refractivity contribution >= 4 is 41.0 Å². The summed E-state index contributed by atoms with van der Waals surface area (Å²) in [5.41, 5.74) is 1.49. The number of methoxy groups -OCH3 is 3. The fourth-order valence-corrected chi connectivity index (χ4v) is 2.53. The number of carbonyl (C=O) groups is 2. The van der Waals surface area contributed by atoms with Crippen LogP contribution in [0.15, 0.2) is 48.5 Å². The van der Waals surface area contributed by atoms with E-state index in [0.717, 1.165) is 5.56 Å². The van der Waals surface area contributed by atoms with Gasteiger partial charge in [0.05, 0.1) is 32.6 Å². The van der Waals surface area contributed by atoms with Crippen LogP contribution < -0.4 is 20.1 Å². The lowest BCUT2D eigenvalue weighted by Gasteiger charge is -2.11. The predicted molar refractivity (Wildman–Crippen MR) is 111 cm³/mol. The topological polar surface area (TPSA) is 85.9 Å². The molecule has 2 rings (SSSR count). The lowest BCUT2D eigenvalue weighted by molar-refractivity contribution is -0.115. The van der Waals surface area contributed by atoms with Gasteiger partial charge in [-0.05, 0) is 48.1 Å². The first kappa shape index (κ1) is 20.9. The number of rotatable bonds is 6. The van der Waals surface area contributed by atoms with Gasteiger partial charge in [-0.2, -0.15) is 0 Å². The van der Waals surface area contributed by atoms with E-state index in [0.29, 0.717) is 22.7 Å². The van der Waals surface area contributed by atoms with Crippen LogP contribution in [0.2, 0.25) is 0 Å². The summed E-state index contributed by atoms with van der Waals surface area (Å²) in [6.45, 7) is 0. The number of benzene rings is 2. The normalized spacial score (nSPS) is 10.2. The molecule has 7 nitrogen and oxygen atoms in total. The third-order valence-corrected chi connectivity index (χ3v) is 3.86. The van der Waals surface area contributed by atoms with Gasteiger partial charge in [-0.3, -0.25) is 10.1 Å². The maximum absolute atomic E-state index is 12.1. The summed E-state index contributed by atoms with van der Waals surface area (Å²) in [5.74, 6) is 0.217. The van der Waals surface area contributed by atoms with Crippen molar-refractivity contribution in [2.24, 2.45) is 0 Å². The first-order valence-electron chi connectivity index (χ1n) is 8.18. The Balaban J connectivity index is 2.01. The number of carbonyl (C=O) groups excluding carboxylic acids is 2. The average molecular weight is 400 g/mol. The monoisotopic (exact) mass is 400 g/mol. The summed E-state index contributed by atoms with van der Waals surface area (Å²) in [6, 6.07) is 12.0. The number of ether oxygens (including phenoxy) is 3. The number of para-hydroxylation sites is 1. The number of hydrogen-bond donors (Lipinski definition) is 2. The van der Waals surface area contributed by atoms with Gasteiger partial charge in [-0.25, -0.2) is 4.79 Å². The number of nitrogens with one attached hydrogen (secondary N) is 2. The van der Waals surface area contributed by atoms with E-state index in [1.165, 1.54) is 20.3 Å². The van der Waals surface area contributed by atoms with E-state index in [1.807, 2.05) is 0 Å². The Bertz CT molecular complexity index is 911. The Morgan fingerprint density at radius 1 is 1.00 bits per heavy atom. The highest BCUT2D eigenvalue weighted by Gasteiger charge is 2.12. The minimum atomic E-state index is -0.509. The molecule has 0 heterocycles. The molecule has 0 fully saturated rings. The largest absolute Gasteiger partial charge is 0.493 e. The summed E-state index contributed by atoms with van der Waals surface area (Å²) in [5, 5.41) is 5.39. The van der Waals surface area contributed by atoms with Crippen LogP contribution in [0.5, 0.6) is 11.5 Å². The molecule has 0 saturated carbocycles. The number of anilines is 1. The molecule has 0 atom stereocenters. The molecule has 1 amide bonds. The molecule has 0 spiro atoms. The number of hydrogen-bond acceptors (Lipinski definition) is 6. The van der Waals surface area contributed by atoms with Gasteiger partial charge in [0.2, 0.25) is 5.91 Å². The van der Waals surface area contributed by atoms with Crippen molar-refractivity contribution in [3.8, 4) is 11.5 Å². The maximum Gasteiger partial charge on any atom is 0.339 e. The predicted octanol–water partition coefficient (Wildman–Crippen LogP) is 3.02. The molecular weight excluding hydrogens is 380 g/mol. The van der Waals surface area contributed by atoms with Crippen molar-refractivity contribution < 1.29 is 23.8 Å². The van der Waals surface area contributed by atoms with E-state index in [2.05, 4.69) is 10.6 Å². The van der Waals surface area contributed by atoms with Crippen molar-refractivity contribution in [3.63, 3.8) is 0 Å². The highest BCUT2D eigenvalue weighted by molar-refractivity contribution is 7.80. The van der Waals surface area contributed by atoms with E-state index < -0.39 is 11.9 Å². The van der Waals surface area contributed by atoms with Crippen molar-refractivity contribution in [2.45, 2.75) is 0 Å². The minimum Gasteiger partial charge on any atom is -0.493 e. The van der Waals surface area contributed by atoms with Gasteiger partial charge in [0.1, 0.15) is 0 Å². The number of thiocarbonyl (C=S) groups is 1. The van der Waals surface area contributed by atoms with Gasteiger partial charge < -0.3 is 19.5 Å². The number of amides is 1. The minimum absolute atomic E-state index is 0.0540. The first-order chi connectivity index (χ1) is 13.5. The average Bonchev–Trinajstić information content (AvgIpc) is 2.71. The zero-order valence-electron chi connectivity index (χ0n) is 15.6. The van der Waals surface area contributed by atoms with Gasteiger partial charge >= 0.3 is 5.97 Å². The van der Waals surface area contributed by atoms with Crippen LogP contribution in [0.3, 0.4) is 0 Å². The van der Waals surface area contributed by atoms with Gasteiger partial charge in [0.15, 0.2) is 16.6 Å². The lowest BCUT2D eigenvalue weighted by Crippen LogP contribution is -2.33. The summed E-state index contributed by atoms with van der Waals surface area (Å²) < 4.78 is 15.1. The molecule has 28 heavy (non-hydrogen) atoms. The Hall–Kier alpha value is -3.39. The van der Waals surface area contributed by atoms with Crippen molar-refractivity contribution in [2.75, 3.05) is 26.6 Å². The molecule has 0 radical (unpaired) electrons. The summed E-state index contributed by atoms with van der Waals surface area (Å²) in [7, 11) is 4.37. The molecule has 8 heteroatoms. The first-order valence-corrected chi connectivity index (χ1v) is 8.58. The van der Waals surface area contributed by atoms with Crippen LogP contribution in [0.4, 0.5) is 5.69 Å². The summed E-state index contributed by atoms with van der Waals surface area (Å²) in [6.07, 6.45) is 2.95. The lowest BCUT2D eigenvalue weighted by atomic mass is 10.2. The Morgan fingerprint density at radius 3 is 2.39 bits per heavy atom.